The third-order valence-corrected chi connectivity index (χ3v) is 3.16. The summed E-state index contributed by atoms with van der Waals surface area (Å²) < 4.78 is 15.4. The molecular weight excluding hydrogens is 310 g/mol. The third kappa shape index (κ3) is 2.76. The molecule has 1 N–H and O–H groups in total. The Balaban J connectivity index is 2.17. The van der Waals surface area contributed by atoms with Gasteiger partial charge in [0.15, 0.2) is 5.82 Å². The number of hydrogen-bond acceptors (Lipinski definition) is 3. The van der Waals surface area contributed by atoms with Crippen LogP contribution in [-0.4, -0.2) is 14.8 Å². The number of aryl methyl sites for hydroxylation is 1. The normalized spacial score (nSPS) is 10.6. The van der Waals surface area contributed by atoms with Crippen LogP contribution >= 0.6 is 27.5 Å². The van der Waals surface area contributed by atoms with Gasteiger partial charge in [-0.3, -0.25) is 0 Å². The van der Waals surface area contributed by atoms with Crippen LogP contribution in [0.25, 0.3) is 0 Å². The van der Waals surface area contributed by atoms with E-state index in [4.69, 9.17) is 11.6 Å². The van der Waals surface area contributed by atoms with E-state index in [1.165, 1.54) is 12.1 Å². The molecule has 0 aliphatic rings. The summed E-state index contributed by atoms with van der Waals surface area (Å²) in [4.78, 5) is 0. The van der Waals surface area contributed by atoms with Crippen LogP contribution in [0.5, 0.6) is 0 Å². The molecule has 0 aliphatic carbocycles. The number of rotatable bonds is 3. The van der Waals surface area contributed by atoms with E-state index >= 15 is 0 Å². The van der Waals surface area contributed by atoms with Crippen LogP contribution in [0.4, 0.5) is 10.1 Å². The van der Waals surface area contributed by atoms with Gasteiger partial charge in [-0.25, -0.2) is 4.39 Å². The lowest BCUT2D eigenvalue weighted by Gasteiger charge is -2.10. The lowest BCUT2D eigenvalue weighted by atomic mass is 10.3. The number of halogens is 3. The summed E-state index contributed by atoms with van der Waals surface area (Å²) in [5.41, 5.74) is 0.635. The minimum Gasteiger partial charge on any atom is -0.376 e. The van der Waals surface area contributed by atoms with Crippen molar-refractivity contribution in [2.24, 2.45) is 7.05 Å². The molecule has 0 unspecified atom stereocenters. The summed E-state index contributed by atoms with van der Waals surface area (Å²) in [6.07, 6.45) is 1.61. The van der Waals surface area contributed by atoms with E-state index in [1.807, 2.05) is 7.05 Å². The minimum atomic E-state index is -0.383. The lowest BCUT2D eigenvalue weighted by Crippen LogP contribution is -2.06. The zero-order valence-electron chi connectivity index (χ0n) is 8.91. The van der Waals surface area contributed by atoms with Crippen LogP contribution in [0.1, 0.15) is 5.82 Å². The minimum absolute atomic E-state index is 0.319. The van der Waals surface area contributed by atoms with Gasteiger partial charge >= 0.3 is 0 Å². The molecule has 4 nitrogen and oxygen atoms in total. The molecule has 1 heterocycles. The van der Waals surface area contributed by atoms with Crippen molar-refractivity contribution in [1.29, 1.82) is 0 Å². The molecule has 17 heavy (non-hydrogen) atoms. The molecule has 7 heteroatoms. The number of anilines is 1. The van der Waals surface area contributed by atoms with Crippen molar-refractivity contribution < 1.29 is 4.39 Å². The second kappa shape index (κ2) is 5.01. The molecule has 2 rings (SSSR count). The van der Waals surface area contributed by atoms with E-state index < -0.39 is 0 Å². The van der Waals surface area contributed by atoms with Crippen molar-refractivity contribution in [1.82, 2.24) is 14.8 Å². The first kappa shape index (κ1) is 12.3. The van der Waals surface area contributed by atoms with Crippen LogP contribution in [0.15, 0.2) is 22.9 Å². The first-order valence-corrected chi connectivity index (χ1v) is 5.96. The summed E-state index contributed by atoms with van der Waals surface area (Å²) in [5, 5.41) is 11.1. The van der Waals surface area contributed by atoms with Crippen molar-refractivity contribution in [3.05, 3.63) is 39.6 Å². The number of nitrogens with zero attached hydrogens (tertiary/aromatic N) is 3. The fourth-order valence-corrected chi connectivity index (χ4v) is 2.31. The van der Waals surface area contributed by atoms with Gasteiger partial charge in [0, 0.05) is 11.5 Å². The summed E-state index contributed by atoms with van der Waals surface area (Å²) in [5.74, 6) is 0.378. The maximum Gasteiger partial charge on any atom is 0.151 e. The maximum absolute atomic E-state index is 13.0. The average molecular weight is 320 g/mol. The molecule has 0 saturated heterocycles. The van der Waals surface area contributed by atoms with E-state index in [2.05, 4.69) is 31.4 Å². The Morgan fingerprint density at radius 1 is 1.53 bits per heavy atom. The first-order chi connectivity index (χ1) is 8.08. The van der Waals surface area contributed by atoms with Crippen molar-refractivity contribution in [2.45, 2.75) is 6.54 Å². The monoisotopic (exact) mass is 318 g/mol. The quantitative estimate of drug-likeness (QED) is 0.946. The number of benzene rings is 1. The van der Waals surface area contributed by atoms with Gasteiger partial charge in [0.2, 0.25) is 0 Å². The Morgan fingerprint density at radius 2 is 2.29 bits per heavy atom. The van der Waals surface area contributed by atoms with Crippen LogP contribution < -0.4 is 5.32 Å². The molecule has 0 aliphatic heterocycles. The van der Waals surface area contributed by atoms with Crippen LogP contribution in [0, 0.1) is 5.82 Å². The van der Waals surface area contributed by atoms with Gasteiger partial charge in [-0.05, 0) is 28.1 Å². The predicted octanol–water partition coefficient (Wildman–Crippen LogP) is 2.98. The molecule has 0 amide bonds. The maximum atomic E-state index is 13.0. The summed E-state index contributed by atoms with van der Waals surface area (Å²) >= 11 is 9.19. The summed E-state index contributed by atoms with van der Waals surface area (Å²) in [6.45, 7) is 0.459. The smallest absolute Gasteiger partial charge is 0.151 e. The highest BCUT2D eigenvalue weighted by Gasteiger charge is 2.09. The first-order valence-electron chi connectivity index (χ1n) is 4.79. The largest absolute Gasteiger partial charge is 0.376 e. The number of aromatic nitrogens is 3. The Labute approximate surface area is 111 Å². The van der Waals surface area contributed by atoms with Gasteiger partial charge in [-0.15, -0.1) is 10.2 Å². The molecule has 0 saturated carbocycles. The van der Waals surface area contributed by atoms with Gasteiger partial charge in [-0.1, -0.05) is 11.6 Å². The van der Waals surface area contributed by atoms with Gasteiger partial charge in [0.05, 0.1) is 17.3 Å². The molecule has 0 bridgehead atoms. The zero-order chi connectivity index (χ0) is 12.4. The summed E-state index contributed by atoms with van der Waals surface area (Å²) in [7, 11) is 1.85. The Bertz CT molecular complexity index is 520. The predicted molar refractivity (Wildman–Crippen MR) is 67.4 cm³/mol. The topological polar surface area (TPSA) is 42.7 Å². The average Bonchev–Trinajstić information content (AvgIpc) is 2.62. The molecule has 1 aromatic carbocycles. The van der Waals surface area contributed by atoms with E-state index in [9.17, 15) is 4.39 Å². The van der Waals surface area contributed by atoms with Crippen molar-refractivity contribution in [3.63, 3.8) is 0 Å². The van der Waals surface area contributed by atoms with E-state index in [0.717, 1.165) is 5.82 Å². The number of hydrogen-bond donors (Lipinski definition) is 1. The molecule has 0 radical (unpaired) electrons. The second-order valence-corrected chi connectivity index (χ2v) is 4.72. The second-order valence-electron chi connectivity index (χ2n) is 3.46. The van der Waals surface area contributed by atoms with E-state index in [0.29, 0.717) is 21.7 Å². The fourth-order valence-electron chi connectivity index (χ4n) is 1.35. The SMILES string of the molecule is Cn1cnnc1CNc1c(Cl)cc(F)cc1Br. The summed E-state index contributed by atoms with van der Waals surface area (Å²) in [6, 6.07) is 2.61. The standard InChI is InChI=1S/C10H9BrClFN4/c1-17-5-15-16-9(17)4-14-10-7(11)2-6(13)3-8(10)12/h2-3,5,14H,4H2,1H3. The van der Waals surface area contributed by atoms with Crippen LogP contribution in [-0.2, 0) is 13.6 Å². The number of nitrogens with one attached hydrogen (secondary N) is 1. The fraction of sp³-hybridized carbons (Fsp3) is 0.200. The third-order valence-electron chi connectivity index (χ3n) is 2.24. The van der Waals surface area contributed by atoms with Crippen molar-refractivity contribution in [3.8, 4) is 0 Å². The van der Waals surface area contributed by atoms with Gasteiger partial charge in [-0.2, -0.15) is 0 Å². The molecule has 2 aromatic rings. The van der Waals surface area contributed by atoms with E-state index in [1.54, 1.807) is 10.9 Å². The highest BCUT2D eigenvalue weighted by molar-refractivity contribution is 9.10. The van der Waals surface area contributed by atoms with E-state index in [-0.39, 0.29) is 5.82 Å². The Hall–Kier alpha value is -1.14. The zero-order valence-corrected chi connectivity index (χ0v) is 11.3. The van der Waals surface area contributed by atoms with Crippen LogP contribution in [0.3, 0.4) is 0 Å². The molecule has 0 fully saturated rings. The van der Waals surface area contributed by atoms with Gasteiger partial charge in [0.1, 0.15) is 12.1 Å². The molecule has 0 spiro atoms. The van der Waals surface area contributed by atoms with Crippen LogP contribution in [0.2, 0.25) is 5.02 Å². The highest BCUT2D eigenvalue weighted by atomic mass is 79.9. The van der Waals surface area contributed by atoms with Gasteiger partial charge in [0.25, 0.3) is 0 Å². The Morgan fingerprint density at radius 3 is 2.88 bits per heavy atom. The molecule has 90 valence electrons. The van der Waals surface area contributed by atoms with Crippen molar-refractivity contribution >= 4 is 33.2 Å². The lowest BCUT2D eigenvalue weighted by molar-refractivity contribution is 0.627. The molecule has 0 atom stereocenters. The Kier molecular flexibility index (Phi) is 3.63. The molecule has 1 aromatic heterocycles. The molecular formula is C10H9BrClFN4. The highest BCUT2D eigenvalue weighted by Crippen LogP contribution is 2.31. The van der Waals surface area contributed by atoms with Crippen molar-refractivity contribution in [2.75, 3.05) is 5.32 Å². The van der Waals surface area contributed by atoms with Gasteiger partial charge < -0.3 is 9.88 Å².